The number of piperidine rings is 1. The number of nitrogens with zero attached hydrogens (tertiary/aromatic N) is 2. The third-order valence-electron chi connectivity index (χ3n) is 6.26. The molecule has 5 rings (SSSR count). The number of ether oxygens (including phenoxy) is 2. The predicted octanol–water partition coefficient (Wildman–Crippen LogP) is 3.31. The van der Waals surface area contributed by atoms with Crippen LogP contribution in [0.2, 0.25) is 0 Å². The maximum absolute atomic E-state index is 5.91. The molecule has 2 aromatic rings. The van der Waals surface area contributed by atoms with Gasteiger partial charge in [0.1, 0.15) is 18.1 Å². The van der Waals surface area contributed by atoms with Crippen LogP contribution in [0.15, 0.2) is 42.5 Å². The van der Waals surface area contributed by atoms with Crippen LogP contribution in [0.1, 0.15) is 23.5 Å². The Morgan fingerprint density at radius 2 is 2.04 bits per heavy atom. The summed E-state index contributed by atoms with van der Waals surface area (Å²) in [7, 11) is 1.76. The first-order chi connectivity index (χ1) is 12.8. The Kier molecular flexibility index (Phi) is 4.01. The van der Waals surface area contributed by atoms with Crippen LogP contribution in [0.25, 0.3) is 0 Å². The van der Waals surface area contributed by atoms with Gasteiger partial charge in [0.15, 0.2) is 0 Å². The van der Waals surface area contributed by atoms with Gasteiger partial charge >= 0.3 is 0 Å². The van der Waals surface area contributed by atoms with Crippen molar-refractivity contribution in [3.63, 3.8) is 0 Å². The summed E-state index contributed by atoms with van der Waals surface area (Å²) >= 11 is 0. The van der Waals surface area contributed by atoms with Crippen LogP contribution in [0.3, 0.4) is 0 Å². The highest BCUT2D eigenvalue weighted by atomic mass is 16.5. The molecule has 0 aliphatic carbocycles. The lowest BCUT2D eigenvalue weighted by Gasteiger charge is -2.40. The molecule has 1 fully saturated rings. The third-order valence-corrected chi connectivity index (χ3v) is 6.26. The average molecular weight is 350 g/mol. The zero-order chi connectivity index (χ0) is 17.5. The van der Waals surface area contributed by atoms with Crippen LogP contribution in [-0.2, 0) is 6.42 Å². The quantitative estimate of drug-likeness (QED) is 0.845. The van der Waals surface area contributed by atoms with Gasteiger partial charge in [0.2, 0.25) is 0 Å². The number of para-hydroxylation sites is 2. The fraction of sp³-hybridized carbons (Fsp3) is 0.455. The van der Waals surface area contributed by atoms with Crippen LogP contribution < -0.4 is 14.4 Å². The van der Waals surface area contributed by atoms with Gasteiger partial charge < -0.3 is 19.3 Å². The van der Waals surface area contributed by atoms with Crippen LogP contribution >= 0.6 is 0 Å². The first-order valence-electron chi connectivity index (χ1n) is 9.72. The van der Waals surface area contributed by atoms with Gasteiger partial charge in [0.05, 0.1) is 19.3 Å². The van der Waals surface area contributed by atoms with Crippen molar-refractivity contribution in [3.8, 4) is 11.5 Å². The van der Waals surface area contributed by atoms with E-state index in [-0.39, 0.29) is 0 Å². The number of hydrogen-bond acceptors (Lipinski definition) is 4. The molecule has 3 heterocycles. The minimum Gasteiger partial charge on any atom is -0.496 e. The second-order valence-electron chi connectivity index (χ2n) is 7.56. The molecule has 0 spiro atoms. The summed E-state index contributed by atoms with van der Waals surface area (Å²) in [5.41, 5.74) is 4.17. The van der Waals surface area contributed by atoms with Crippen LogP contribution in [0, 0.1) is 0 Å². The number of hydrogen-bond donors (Lipinski definition) is 0. The second kappa shape index (κ2) is 6.51. The van der Waals surface area contributed by atoms with E-state index in [1.807, 2.05) is 6.07 Å². The molecule has 2 aromatic carbocycles. The van der Waals surface area contributed by atoms with E-state index in [1.54, 1.807) is 7.11 Å². The highest BCUT2D eigenvalue weighted by molar-refractivity contribution is 5.71. The van der Waals surface area contributed by atoms with E-state index in [9.17, 15) is 0 Å². The van der Waals surface area contributed by atoms with Gasteiger partial charge in [-0.2, -0.15) is 0 Å². The highest BCUT2D eigenvalue weighted by Gasteiger charge is 2.44. The molecule has 0 aromatic heterocycles. The first-order valence-corrected chi connectivity index (χ1v) is 9.72. The van der Waals surface area contributed by atoms with Crippen molar-refractivity contribution in [2.75, 3.05) is 44.8 Å². The molecule has 0 N–H and O–H groups in total. The van der Waals surface area contributed by atoms with Gasteiger partial charge in [0.25, 0.3) is 0 Å². The fourth-order valence-corrected chi connectivity index (χ4v) is 5.04. The minimum absolute atomic E-state index is 0.609. The summed E-state index contributed by atoms with van der Waals surface area (Å²) in [5.74, 6) is 2.70. The molecular formula is C22H26N2O2. The molecule has 1 saturated heterocycles. The summed E-state index contributed by atoms with van der Waals surface area (Å²) in [6, 6.07) is 15.6. The van der Waals surface area contributed by atoms with Gasteiger partial charge in [-0.25, -0.2) is 0 Å². The third kappa shape index (κ3) is 2.55. The lowest BCUT2D eigenvalue weighted by Crippen LogP contribution is -2.48. The normalized spacial score (nSPS) is 24.0. The van der Waals surface area contributed by atoms with Crippen LogP contribution in [0.5, 0.6) is 11.5 Å². The van der Waals surface area contributed by atoms with Crippen molar-refractivity contribution < 1.29 is 9.47 Å². The average Bonchev–Trinajstić information content (AvgIpc) is 3.02. The Bertz CT molecular complexity index is 806. The highest BCUT2D eigenvalue weighted by Crippen LogP contribution is 2.50. The zero-order valence-corrected chi connectivity index (χ0v) is 15.4. The molecule has 0 saturated carbocycles. The molecule has 3 aliphatic heterocycles. The lowest BCUT2D eigenvalue weighted by molar-refractivity contribution is 0.191. The molecule has 2 atom stereocenters. The van der Waals surface area contributed by atoms with Crippen molar-refractivity contribution >= 4 is 5.69 Å². The maximum Gasteiger partial charge on any atom is 0.142 e. The van der Waals surface area contributed by atoms with Crippen molar-refractivity contribution in [2.45, 2.75) is 24.8 Å². The number of anilines is 1. The topological polar surface area (TPSA) is 24.9 Å². The Balaban J connectivity index is 1.32. The van der Waals surface area contributed by atoms with E-state index in [2.05, 4.69) is 46.2 Å². The number of likely N-dealkylation sites (tertiary alicyclic amines) is 1. The summed E-state index contributed by atoms with van der Waals surface area (Å²) in [6.45, 7) is 5.27. The molecule has 4 nitrogen and oxygen atoms in total. The molecule has 4 heteroatoms. The van der Waals surface area contributed by atoms with Crippen molar-refractivity contribution in [1.82, 2.24) is 4.90 Å². The van der Waals surface area contributed by atoms with Gasteiger partial charge in [0, 0.05) is 31.6 Å². The Morgan fingerprint density at radius 1 is 1.12 bits per heavy atom. The molecule has 136 valence electrons. The molecule has 3 aliphatic rings. The van der Waals surface area contributed by atoms with Gasteiger partial charge in [-0.3, -0.25) is 0 Å². The first kappa shape index (κ1) is 16.0. The molecule has 0 amide bonds. The SMILES string of the molecule is COc1ccccc1CCN1CC[C@@H]2[C@H](C1)c1cccc3c1N2CCO3. The monoisotopic (exact) mass is 350 g/mol. The molecular weight excluding hydrogens is 324 g/mol. The molecule has 0 bridgehead atoms. The molecule has 0 unspecified atom stereocenters. The minimum atomic E-state index is 0.609. The van der Waals surface area contributed by atoms with Crippen molar-refractivity contribution in [1.29, 1.82) is 0 Å². The van der Waals surface area contributed by atoms with E-state index in [4.69, 9.17) is 9.47 Å². The largest absolute Gasteiger partial charge is 0.496 e. The Hall–Kier alpha value is -2.20. The molecule has 26 heavy (non-hydrogen) atoms. The van der Waals surface area contributed by atoms with Crippen LogP contribution in [-0.4, -0.2) is 50.8 Å². The second-order valence-corrected chi connectivity index (χ2v) is 7.56. The predicted molar refractivity (Wildman–Crippen MR) is 104 cm³/mol. The standard InChI is InChI=1S/C22H26N2O2/c1-25-20-7-3-2-5-16(20)9-11-23-12-10-19-18(15-23)17-6-4-8-21-22(17)24(19)13-14-26-21/h2-8,18-19H,9-15H2,1H3/t18-,19-/m1/s1. The lowest BCUT2D eigenvalue weighted by atomic mass is 9.89. The summed E-state index contributed by atoms with van der Waals surface area (Å²) in [4.78, 5) is 5.25. The van der Waals surface area contributed by atoms with Gasteiger partial charge in [-0.15, -0.1) is 0 Å². The van der Waals surface area contributed by atoms with E-state index < -0.39 is 0 Å². The van der Waals surface area contributed by atoms with Gasteiger partial charge in [-0.05, 0) is 36.1 Å². The Labute approximate surface area is 155 Å². The number of benzene rings is 2. The van der Waals surface area contributed by atoms with E-state index in [1.165, 1.54) is 29.8 Å². The van der Waals surface area contributed by atoms with E-state index >= 15 is 0 Å². The van der Waals surface area contributed by atoms with Crippen molar-refractivity contribution in [2.24, 2.45) is 0 Å². The maximum atomic E-state index is 5.91. The van der Waals surface area contributed by atoms with Crippen LogP contribution in [0.4, 0.5) is 5.69 Å². The van der Waals surface area contributed by atoms with E-state index in [0.29, 0.717) is 12.0 Å². The number of rotatable bonds is 4. The number of fused-ring (bicyclic) bond motifs is 3. The smallest absolute Gasteiger partial charge is 0.142 e. The van der Waals surface area contributed by atoms with E-state index in [0.717, 1.165) is 44.2 Å². The summed E-state index contributed by atoms with van der Waals surface area (Å²) in [5, 5.41) is 0. The molecule has 0 radical (unpaired) electrons. The Morgan fingerprint density at radius 3 is 2.96 bits per heavy atom. The zero-order valence-electron chi connectivity index (χ0n) is 15.4. The van der Waals surface area contributed by atoms with Crippen molar-refractivity contribution in [3.05, 3.63) is 53.6 Å². The summed E-state index contributed by atoms with van der Waals surface area (Å²) < 4.78 is 11.4. The summed E-state index contributed by atoms with van der Waals surface area (Å²) in [6.07, 6.45) is 2.28. The van der Waals surface area contributed by atoms with Gasteiger partial charge in [-0.1, -0.05) is 30.3 Å². The fourth-order valence-electron chi connectivity index (χ4n) is 5.04. The number of methoxy groups -OCH3 is 1.